The van der Waals surface area contributed by atoms with Crippen molar-refractivity contribution in [1.82, 2.24) is 10.6 Å². The Morgan fingerprint density at radius 1 is 1.38 bits per heavy atom. The number of aliphatic hydroxyl groups excluding tert-OH is 1. The molecular weight excluding hydrogens is 392 g/mol. The number of hydrogen-bond acceptors (Lipinski definition) is 5. The maximum Gasteiger partial charge on any atom is 0.191 e. The summed E-state index contributed by atoms with van der Waals surface area (Å²) in [5, 5.41) is 17.5. The van der Waals surface area contributed by atoms with Crippen LogP contribution in [0.3, 0.4) is 0 Å². The van der Waals surface area contributed by atoms with E-state index in [1.165, 1.54) is 0 Å². The van der Waals surface area contributed by atoms with Crippen molar-refractivity contribution < 1.29 is 14.6 Å². The zero-order chi connectivity index (χ0) is 21.2. The summed E-state index contributed by atoms with van der Waals surface area (Å²) < 4.78 is 11.0. The first kappa shape index (κ1) is 23.6. The van der Waals surface area contributed by atoms with Gasteiger partial charge in [0.05, 0.1) is 32.1 Å². The van der Waals surface area contributed by atoms with Crippen molar-refractivity contribution in [3.8, 4) is 5.75 Å². The summed E-state index contributed by atoms with van der Waals surface area (Å²) in [4.78, 5) is 6.78. The standard InChI is InChI=1S/C21H35ClN4O3/c1-5-23-21(24-11-18(27)14-29-13-15(2)3)25-17-8-9-26(12-17)19-10-16(22)6-7-20(19)28-4/h6-7,10,15,17-18,27H,5,8-9,11-14H2,1-4H3,(H2,23,24,25). The van der Waals surface area contributed by atoms with Gasteiger partial charge in [0.15, 0.2) is 5.96 Å². The van der Waals surface area contributed by atoms with Gasteiger partial charge in [-0.05, 0) is 37.5 Å². The number of hydrogen-bond donors (Lipinski definition) is 3. The molecule has 164 valence electrons. The quantitative estimate of drug-likeness (QED) is 0.394. The minimum absolute atomic E-state index is 0.242. The van der Waals surface area contributed by atoms with E-state index in [-0.39, 0.29) is 6.04 Å². The van der Waals surface area contributed by atoms with Crippen LogP contribution in [0.2, 0.25) is 5.02 Å². The van der Waals surface area contributed by atoms with Gasteiger partial charge in [0.25, 0.3) is 0 Å². The van der Waals surface area contributed by atoms with Crippen molar-refractivity contribution in [3.05, 3.63) is 23.2 Å². The molecule has 1 fully saturated rings. The predicted molar refractivity (Wildman–Crippen MR) is 119 cm³/mol. The smallest absolute Gasteiger partial charge is 0.191 e. The van der Waals surface area contributed by atoms with Gasteiger partial charge in [-0.25, -0.2) is 0 Å². The molecule has 2 rings (SSSR count). The summed E-state index contributed by atoms with van der Waals surface area (Å²) in [6.07, 6.45) is 0.361. The van der Waals surface area contributed by atoms with E-state index < -0.39 is 6.10 Å². The predicted octanol–water partition coefficient (Wildman–Crippen LogP) is 2.52. The zero-order valence-electron chi connectivity index (χ0n) is 17.9. The third-order valence-electron chi connectivity index (χ3n) is 4.58. The van der Waals surface area contributed by atoms with Gasteiger partial charge in [-0.1, -0.05) is 25.4 Å². The SMILES string of the molecule is CCNC(=NCC(O)COCC(C)C)NC1CCN(c2cc(Cl)ccc2OC)C1. The maximum absolute atomic E-state index is 10.1. The molecule has 1 aromatic rings. The van der Waals surface area contributed by atoms with Crippen LogP contribution in [-0.4, -0.2) is 69.7 Å². The summed E-state index contributed by atoms with van der Waals surface area (Å²) in [6, 6.07) is 5.91. The van der Waals surface area contributed by atoms with E-state index in [9.17, 15) is 5.11 Å². The zero-order valence-corrected chi connectivity index (χ0v) is 18.7. The van der Waals surface area contributed by atoms with Crippen molar-refractivity contribution in [2.75, 3.05) is 51.4 Å². The monoisotopic (exact) mass is 426 g/mol. The molecule has 1 saturated heterocycles. The summed E-state index contributed by atoms with van der Waals surface area (Å²) in [5.74, 6) is 1.98. The van der Waals surface area contributed by atoms with Gasteiger partial charge in [0.1, 0.15) is 5.75 Å². The van der Waals surface area contributed by atoms with Gasteiger partial charge in [0, 0.05) is 37.3 Å². The van der Waals surface area contributed by atoms with E-state index in [0.717, 1.165) is 37.5 Å². The topological polar surface area (TPSA) is 78.4 Å². The number of aliphatic hydroxyl groups is 1. The van der Waals surface area contributed by atoms with Crippen LogP contribution in [-0.2, 0) is 4.74 Å². The first-order valence-corrected chi connectivity index (χ1v) is 10.7. The fourth-order valence-electron chi connectivity index (χ4n) is 3.21. The molecule has 1 heterocycles. The second-order valence-corrected chi connectivity index (χ2v) is 8.13. The van der Waals surface area contributed by atoms with Gasteiger partial charge < -0.3 is 30.1 Å². The fourth-order valence-corrected chi connectivity index (χ4v) is 3.38. The molecule has 1 aromatic carbocycles. The normalized spacial score (nSPS) is 18.2. The van der Waals surface area contributed by atoms with E-state index >= 15 is 0 Å². The Kier molecular flexibility index (Phi) is 9.84. The average Bonchev–Trinajstić information content (AvgIpc) is 3.14. The molecule has 7 nitrogen and oxygen atoms in total. The van der Waals surface area contributed by atoms with Crippen LogP contribution in [0.4, 0.5) is 5.69 Å². The minimum Gasteiger partial charge on any atom is -0.495 e. The molecule has 29 heavy (non-hydrogen) atoms. The van der Waals surface area contributed by atoms with E-state index in [2.05, 4.69) is 34.4 Å². The highest BCUT2D eigenvalue weighted by Gasteiger charge is 2.25. The molecule has 0 aromatic heterocycles. The third-order valence-corrected chi connectivity index (χ3v) is 4.81. The average molecular weight is 427 g/mol. The van der Waals surface area contributed by atoms with Crippen LogP contribution < -0.4 is 20.3 Å². The van der Waals surface area contributed by atoms with Gasteiger partial charge in [-0.3, -0.25) is 4.99 Å². The molecule has 0 amide bonds. The summed E-state index contributed by atoms with van der Waals surface area (Å²) >= 11 is 6.18. The second-order valence-electron chi connectivity index (χ2n) is 7.70. The number of anilines is 1. The highest BCUT2D eigenvalue weighted by Crippen LogP contribution is 2.33. The highest BCUT2D eigenvalue weighted by molar-refractivity contribution is 6.30. The summed E-state index contributed by atoms with van der Waals surface area (Å²) in [7, 11) is 1.67. The van der Waals surface area contributed by atoms with Crippen molar-refractivity contribution >= 4 is 23.2 Å². The molecule has 3 N–H and O–H groups in total. The number of rotatable bonds is 10. The summed E-state index contributed by atoms with van der Waals surface area (Å²) in [6.45, 7) is 9.91. The lowest BCUT2D eigenvalue weighted by Crippen LogP contribution is -2.45. The van der Waals surface area contributed by atoms with Crippen LogP contribution in [0.5, 0.6) is 5.75 Å². The van der Waals surface area contributed by atoms with Crippen LogP contribution in [0, 0.1) is 5.92 Å². The molecule has 0 aliphatic carbocycles. The van der Waals surface area contributed by atoms with Gasteiger partial charge in [-0.15, -0.1) is 0 Å². The van der Waals surface area contributed by atoms with Gasteiger partial charge >= 0.3 is 0 Å². The van der Waals surface area contributed by atoms with Crippen molar-refractivity contribution in [3.63, 3.8) is 0 Å². The number of methoxy groups -OCH3 is 1. The molecule has 8 heteroatoms. The Morgan fingerprint density at radius 3 is 2.86 bits per heavy atom. The van der Waals surface area contributed by atoms with Crippen LogP contribution in [0.15, 0.2) is 23.2 Å². The Bertz CT molecular complexity index is 657. The van der Waals surface area contributed by atoms with Crippen LogP contribution in [0.1, 0.15) is 27.2 Å². The minimum atomic E-state index is -0.611. The number of aliphatic imine (C=N–C) groups is 1. The highest BCUT2D eigenvalue weighted by atomic mass is 35.5. The van der Waals surface area contributed by atoms with Gasteiger partial charge in [-0.2, -0.15) is 0 Å². The van der Waals surface area contributed by atoms with Crippen molar-refractivity contribution in [2.45, 2.75) is 39.3 Å². The molecular formula is C21H35ClN4O3. The number of guanidine groups is 1. The third kappa shape index (κ3) is 7.91. The first-order valence-electron chi connectivity index (χ1n) is 10.3. The molecule has 1 aliphatic heterocycles. The van der Waals surface area contributed by atoms with Crippen LogP contribution >= 0.6 is 11.6 Å². The lowest BCUT2D eigenvalue weighted by molar-refractivity contribution is 0.0301. The first-order chi connectivity index (χ1) is 13.9. The number of ether oxygens (including phenoxy) is 2. The Hall–Kier alpha value is -1.70. The van der Waals surface area contributed by atoms with E-state index in [0.29, 0.717) is 36.7 Å². The Morgan fingerprint density at radius 2 is 2.17 bits per heavy atom. The second kappa shape index (κ2) is 12.1. The van der Waals surface area contributed by atoms with Gasteiger partial charge in [0.2, 0.25) is 0 Å². The Balaban J connectivity index is 1.90. The number of benzene rings is 1. The fraction of sp³-hybridized carbons (Fsp3) is 0.667. The lowest BCUT2D eigenvalue weighted by Gasteiger charge is -2.22. The number of nitrogens with one attached hydrogen (secondary N) is 2. The molecule has 0 radical (unpaired) electrons. The molecule has 0 spiro atoms. The van der Waals surface area contributed by atoms with Crippen LogP contribution in [0.25, 0.3) is 0 Å². The maximum atomic E-state index is 10.1. The summed E-state index contributed by atoms with van der Waals surface area (Å²) in [5.41, 5.74) is 1.00. The molecule has 2 unspecified atom stereocenters. The number of halogens is 1. The molecule has 0 bridgehead atoms. The molecule has 1 aliphatic rings. The lowest BCUT2D eigenvalue weighted by atomic mass is 10.2. The number of nitrogens with zero attached hydrogens (tertiary/aromatic N) is 2. The van der Waals surface area contributed by atoms with E-state index in [1.54, 1.807) is 7.11 Å². The largest absolute Gasteiger partial charge is 0.495 e. The molecule has 2 atom stereocenters. The van der Waals surface area contributed by atoms with Crippen molar-refractivity contribution in [2.24, 2.45) is 10.9 Å². The Labute approximate surface area is 179 Å². The van der Waals surface area contributed by atoms with E-state index in [1.807, 2.05) is 25.1 Å². The van der Waals surface area contributed by atoms with Crippen molar-refractivity contribution in [1.29, 1.82) is 0 Å². The van der Waals surface area contributed by atoms with E-state index in [4.69, 9.17) is 21.1 Å². The molecule has 0 saturated carbocycles.